The Hall–Kier alpha value is -1.91. The van der Waals surface area contributed by atoms with E-state index in [1.165, 1.54) is 12.8 Å². The van der Waals surface area contributed by atoms with Gasteiger partial charge in [0.25, 0.3) is 5.91 Å². The molecule has 1 amide bonds. The molecule has 0 spiro atoms. The van der Waals surface area contributed by atoms with Gasteiger partial charge in [-0.3, -0.25) is 4.79 Å². The number of fused-ring (bicyclic) bond motifs is 1. The predicted octanol–water partition coefficient (Wildman–Crippen LogP) is 2.54. The van der Waals surface area contributed by atoms with Gasteiger partial charge in [0.1, 0.15) is 0 Å². The van der Waals surface area contributed by atoms with E-state index in [2.05, 4.69) is 36.2 Å². The summed E-state index contributed by atoms with van der Waals surface area (Å²) in [4.78, 5) is 16.6. The van der Waals surface area contributed by atoms with Gasteiger partial charge in [-0.15, -0.1) is 0 Å². The zero-order valence-electron chi connectivity index (χ0n) is 12.1. The number of hydrogen-bond acceptors (Lipinski definition) is 3. The second-order valence-electron chi connectivity index (χ2n) is 5.92. The molecule has 1 aliphatic carbocycles. The number of nitrogens with one attached hydrogen (secondary N) is 1. The lowest BCUT2D eigenvalue weighted by Gasteiger charge is -2.12. The first-order valence-electron chi connectivity index (χ1n) is 7.20. The monoisotopic (exact) mass is 272 g/mol. The Balaban J connectivity index is 1.83. The molecule has 2 aromatic heterocycles. The van der Waals surface area contributed by atoms with E-state index >= 15 is 0 Å². The zero-order valence-corrected chi connectivity index (χ0v) is 12.1. The van der Waals surface area contributed by atoms with Gasteiger partial charge in [-0.2, -0.15) is 5.10 Å². The maximum absolute atomic E-state index is 12.2. The zero-order chi connectivity index (χ0) is 14.3. The van der Waals surface area contributed by atoms with Crippen LogP contribution in [0.4, 0.5) is 0 Å². The Morgan fingerprint density at radius 1 is 1.35 bits per heavy atom. The molecule has 3 rings (SSSR count). The number of aromatic nitrogens is 3. The minimum absolute atomic E-state index is 0.0453. The molecule has 5 nitrogen and oxygen atoms in total. The Bertz CT molecular complexity index is 642. The molecule has 2 heterocycles. The van der Waals surface area contributed by atoms with Crippen LogP contribution in [0.5, 0.6) is 0 Å². The molecule has 0 aliphatic heterocycles. The molecule has 106 valence electrons. The van der Waals surface area contributed by atoms with Gasteiger partial charge in [0.05, 0.1) is 11.8 Å². The molecule has 0 bridgehead atoms. The highest BCUT2D eigenvalue weighted by Gasteiger charge is 2.29. The number of hydrogen-bond donors (Lipinski definition) is 1. The van der Waals surface area contributed by atoms with Gasteiger partial charge in [0.2, 0.25) is 0 Å². The van der Waals surface area contributed by atoms with Crippen LogP contribution in [0.1, 0.15) is 50.0 Å². The molecule has 1 fully saturated rings. The van der Waals surface area contributed by atoms with E-state index in [-0.39, 0.29) is 18.0 Å². The van der Waals surface area contributed by atoms with Gasteiger partial charge in [-0.25, -0.2) is 9.67 Å². The fourth-order valence-electron chi connectivity index (χ4n) is 2.45. The van der Waals surface area contributed by atoms with Crippen molar-refractivity contribution in [2.24, 2.45) is 5.92 Å². The fraction of sp³-hybridized carbons (Fsp3) is 0.533. The minimum Gasteiger partial charge on any atom is -0.349 e. The van der Waals surface area contributed by atoms with Crippen LogP contribution in [-0.2, 0) is 0 Å². The van der Waals surface area contributed by atoms with E-state index in [1.54, 1.807) is 12.4 Å². The summed E-state index contributed by atoms with van der Waals surface area (Å²) in [7, 11) is 0. The molecule has 1 N–H and O–H groups in total. The number of nitrogens with zero attached hydrogens (tertiary/aromatic N) is 3. The van der Waals surface area contributed by atoms with E-state index < -0.39 is 0 Å². The molecule has 20 heavy (non-hydrogen) atoms. The van der Waals surface area contributed by atoms with Crippen molar-refractivity contribution in [2.45, 2.75) is 45.7 Å². The molecule has 1 saturated carbocycles. The minimum atomic E-state index is -0.0453. The lowest BCUT2D eigenvalue weighted by atomic mass is 10.2. The van der Waals surface area contributed by atoms with Crippen molar-refractivity contribution in [1.82, 2.24) is 20.1 Å². The molecule has 1 atom stereocenters. The van der Waals surface area contributed by atoms with Crippen LogP contribution in [0, 0.1) is 5.92 Å². The van der Waals surface area contributed by atoms with Crippen molar-refractivity contribution >= 4 is 16.9 Å². The molecule has 0 saturated heterocycles. The number of carbonyl (C=O) groups excluding carboxylic acids is 1. The van der Waals surface area contributed by atoms with Crippen LogP contribution in [0.2, 0.25) is 0 Å². The van der Waals surface area contributed by atoms with Crippen molar-refractivity contribution in [3.8, 4) is 0 Å². The Morgan fingerprint density at radius 3 is 2.75 bits per heavy atom. The average molecular weight is 272 g/mol. The highest BCUT2D eigenvalue weighted by Crippen LogP contribution is 2.32. The van der Waals surface area contributed by atoms with Crippen LogP contribution in [-0.4, -0.2) is 26.7 Å². The first-order chi connectivity index (χ1) is 9.56. The van der Waals surface area contributed by atoms with Gasteiger partial charge in [0.15, 0.2) is 5.65 Å². The summed E-state index contributed by atoms with van der Waals surface area (Å²) in [6.07, 6.45) is 5.85. The summed E-state index contributed by atoms with van der Waals surface area (Å²) in [6.45, 7) is 6.19. The summed E-state index contributed by atoms with van der Waals surface area (Å²) in [5.74, 6) is 0.607. The van der Waals surface area contributed by atoms with E-state index in [0.717, 1.165) is 11.0 Å². The predicted molar refractivity (Wildman–Crippen MR) is 77.6 cm³/mol. The van der Waals surface area contributed by atoms with Crippen LogP contribution >= 0.6 is 0 Å². The fourth-order valence-corrected chi connectivity index (χ4v) is 2.45. The highest BCUT2D eigenvalue weighted by molar-refractivity contribution is 5.97. The first kappa shape index (κ1) is 13.1. The van der Waals surface area contributed by atoms with E-state index in [1.807, 2.05) is 10.7 Å². The summed E-state index contributed by atoms with van der Waals surface area (Å²) in [5, 5.41) is 8.27. The molecule has 0 radical (unpaired) electrons. The first-order valence-corrected chi connectivity index (χ1v) is 7.20. The standard InChI is InChI=1S/C15H20N4O/c1-9(2)19-14-12(8-17-19)6-13(7-16-14)15(20)18-10(3)11-4-5-11/h6-11H,4-5H2,1-3H3,(H,18,20). The third-order valence-corrected chi connectivity index (χ3v) is 3.87. The van der Waals surface area contributed by atoms with Gasteiger partial charge in [0, 0.05) is 23.7 Å². The second kappa shape index (κ2) is 4.89. The van der Waals surface area contributed by atoms with Crippen molar-refractivity contribution in [3.63, 3.8) is 0 Å². The van der Waals surface area contributed by atoms with Crippen molar-refractivity contribution in [1.29, 1.82) is 0 Å². The summed E-state index contributed by atoms with van der Waals surface area (Å²) >= 11 is 0. The lowest BCUT2D eigenvalue weighted by Crippen LogP contribution is -2.34. The number of rotatable bonds is 4. The van der Waals surface area contributed by atoms with Gasteiger partial charge in [-0.05, 0) is 45.6 Å². The van der Waals surface area contributed by atoms with E-state index in [9.17, 15) is 4.79 Å². The molecule has 2 aromatic rings. The van der Waals surface area contributed by atoms with Crippen LogP contribution < -0.4 is 5.32 Å². The Kier molecular flexibility index (Phi) is 3.20. The Labute approximate surface area is 118 Å². The third-order valence-electron chi connectivity index (χ3n) is 3.87. The second-order valence-corrected chi connectivity index (χ2v) is 5.92. The van der Waals surface area contributed by atoms with Crippen LogP contribution in [0.15, 0.2) is 18.5 Å². The topological polar surface area (TPSA) is 59.8 Å². The average Bonchev–Trinajstić information content (AvgIpc) is 3.17. The lowest BCUT2D eigenvalue weighted by molar-refractivity contribution is 0.0935. The quantitative estimate of drug-likeness (QED) is 0.930. The van der Waals surface area contributed by atoms with Crippen molar-refractivity contribution in [3.05, 3.63) is 24.0 Å². The van der Waals surface area contributed by atoms with Crippen LogP contribution in [0.3, 0.4) is 0 Å². The molecule has 5 heteroatoms. The maximum Gasteiger partial charge on any atom is 0.253 e. The number of pyridine rings is 1. The summed E-state index contributed by atoms with van der Waals surface area (Å²) in [6, 6.07) is 2.37. The van der Waals surface area contributed by atoms with Gasteiger partial charge >= 0.3 is 0 Å². The SMILES string of the molecule is CC(NC(=O)c1cnc2c(cnn2C(C)C)c1)C1CC1. The molecular formula is C15H20N4O. The summed E-state index contributed by atoms with van der Waals surface area (Å²) in [5.41, 5.74) is 1.43. The molecular weight excluding hydrogens is 252 g/mol. The van der Waals surface area contributed by atoms with Crippen molar-refractivity contribution < 1.29 is 4.79 Å². The maximum atomic E-state index is 12.2. The molecule has 0 aromatic carbocycles. The van der Waals surface area contributed by atoms with Gasteiger partial charge < -0.3 is 5.32 Å². The van der Waals surface area contributed by atoms with Crippen molar-refractivity contribution in [2.75, 3.05) is 0 Å². The molecule has 1 unspecified atom stereocenters. The summed E-state index contributed by atoms with van der Waals surface area (Å²) < 4.78 is 1.86. The number of amides is 1. The van der Waals surface area contributed by atoms with E-state index in [4.69, 9.17) is 0 Å². The molecule has 1 aliphatic rings. The Morgan fingerprint density at radius 2 is 2.10 bits per heavy atom. The number of carbonyl (C=O) groups is 1. The normalized spacial score (nSPS) is 16.6. The van der Waals surface area contributed by atoms with E-state index in [0.29, 0.717) is 11.5 Å². The van der Waals surface area contributed by atoms with Gasteiger partial charge in [-0.1, -0.05) is 0 Å². The smallest absolute Gasteiger partial charge is 0.253 e. The third kappa shape index (κ3) is 2.40. The van der Waals surface area contributed by atoms with Crippen LogP contribution in [0.25, 0.3) is 11.0 Å². The highest BCUT2D eigenvalue weighted by atomic mass is 16.1. The largest absolute Gasteiger partial charge is 0.349 e.